The maximum Gasteiger partial charge on any atom is 0.270 e. The fourth-order valence-electron chi connectivity index (χ4n) is 2.32. The van der Waals surface area contributed by atoms with Crippen molar-refractivity contribution in [2.75, 3.05) is 0 Å². The molecule has 0 aliphatic heterocycles. The van der Waals surface area contributed by atoms with E-state index < -0.39 is 23.8 Å². The molecule has 1 amide bonds. The minimum absolute atomic E-state index is 0.0818. The first kappa shape index (κ1) is 16.0. The van der Waals surface area contributed by atoms with E-state index in [4.69, 9.17) is 0 Å². The van der Waals surface area contributed by atoms with E-state index in [-0.39, 0.29) is 18.5 Å². The predicted octanol–water partition coefficient (Wildman–Crippen LogP) is 2.32. The predicted molar refractivity (Wildman–Crippen MR) is 84.4 cm³/mol. The van der Waals surface area contributed by atoms with E-state index in [9.17, 15) is 18.4 Å². The minimum Gasteiger partial charge on any atom is -0.347 e. The molecule has 1 heterocycles. The van der Waals surface area contributed by atoms with Crippen LogP contribution in [0.2, 0.25) is 0 Å². The Morgan fingerprint density at radius 1 is 1.57 bits per heavy atom. The Balaban J connectivity index is 1.77. The van der Waals surface area contributed by atoms with E-state index in [0.29, 0.717) is 10.9 Å². The number of amides is 1. The van der Waals surface area contributed by atoms with Gasteiger partial charge in [0.05, 0.1) is 29.2 Å². The lowest BCUT2D eigenvalue weighted by Crippen LogP contribution is -2.37. The zero-order valence-corrected chi connectivity index (χ0v) is 13.8. The average Bonchev–Trinajstić information content (AvgIpc) is 3.09. The molecular weight excluding hydrogens is 372 g/mol. The fraction of sp³-hybridized carbons (Fsp3) is 0.400. The fourth-order valence-corrected chi connectivity index (χ4v) is 2.68. The molecule has 1 N–H and O–H groups in total. The van der Waals surface area contributed by atoms with Gasteiger partial charge in [-0.3, -0.25) is 14.2 Å². The highest BCUT2D eigenvalue weighted by molar-refractivity contribution is 9.10. The van der Waals surface area contributed by atoms with Crippen molar-refractivity contribution < 1.29 is 13.6 Å². The maximum absolute atomic E-state index is 12.8. The van der Waals surface area contributed by atoms with E-state index in [1.807, 2.05) is 0 Å². The Bertz CT molecular complexity index is 837. The number of hydrogen-bond acceptors (Lipinski definition) is 3. The van der Waals surface area contributed by atoms with Crippen LogP contribution in [0.25, 0.3) is 10.9 Å². The number of carbonyl (C=O) groups excluding carboxylic acids is 1. The molecule has 0 radical (unpaired) electrons. The third-order valence-electron chi connectivity index (χ3n) is 3.85. The highest BCUT2D eigenvalue weighted by atomic mass is 79.9. The van der Waals surface area contributed by atoms with E-state index in [1.165, 1.54) is 10.9 Å². The molecule has 1 aromatic heterocycles. The van der Waals surface area contributed by atoms with Gasteiger partial charge in [-0.25, -0.2) is 13.8 Å². The first-order chi connectivity index (χ1) is 10.8. The van der Waals surface area contributed by atoms with Gasteiger partial charge in [-0.2, -0.15) is 0 Å². The summed E-state index contributed by atoms with van der Waals surface area (Å²) in [7, 11) is 0. The molecule has 0 saturated heterocycles. The van der Waals surface area contributed by atoms with Gasteiger partial charge in [0.1, 0.15) is 0 Å². The van der Waals surface area contributed by atoms with Crippen LogP contribution in [-0.2, 0) is 11.3 Å². The smallest absolute Gasteiger partial charge is 0.270 e. The standard InChI is InChI=1S/C15H14BrF2N3O2/c1-8(13(22)20-12-5-15(12,17)18)6-21-7-19-11-3-2-9(16)4-10(11)14(21)23/h2-4,7-8,12H,5-6H2,1H3,(H,20,22). The Morgan fingerprint density at radius 3 is 2.91 bits per heavy atom. The summed E-state index contributed by atoms with van der Waals surface area (Å²) >= 11 is 3.30. The maximum atomic E-state index is 12.8. The number of alkyl halides is 2. The van der Waals surface area contributed by atoms with E-state index in [2.05, 4.69) is 26.2 Å². The summed E-state index contributed by atoms with van der Waals surface area (Å²) < 4.78 is 27.8. The summed E-state index contributed by atoms with van der Waals surface area (Å²) in [5.74, 6) is -3.91. The molecule has 1 aromatic carbocycles. The van der Waals surface area contributed by atoms with Crippen molar-refractivity contribution in [2.45, 2.75) is 31.9 Å². The first-order valence-corrected chi connectivity index (χ1v) is 7.90. The molecule has 1 saturated carbocycles. The zero-order valence-electron chi connectivity index (χ0n) is 12.2. The number of fused-ring (bicyclic) bond motifs is 1. The van der Waals surface area contributed by atoms with Crippen molar-refractivity contribution >= 4 is 32.7 Å². The lowest BCUT2D eigenvalue weighted by atomic mass is 10.1. The van der Waals surface area contributed by atoms with Gasteiger partial charge in [0, 0.05) is 17.4 Å². The first-order valence-electron chi connectivity index (χ1n) is 7.11. The van der Waals surface area contributed by atoms with Gasteiger partial charge in [0.15, 0.2) is 0 Å². The number of aromatic nitrogens is 2. The second-order valence-corrected chi connectivity index (χ2v) is 6.71. The SMILES string of the molecule is CC(Cn1cnc2ccc(Br)cc2c1=O)C(=O)NC1CC1(F)F. The Labute approximate surface area is 138 Å². The second kappa shape index (κ2) is 5.67. The summed E-state index contributed by atoms with van der Waals surface area (Å²) in [6.45, 7) is 1.67. The Hall–Kier alpha value is -1.83. The summed E-state index contributed by atoms with van der Waals surface area (Å²) in [6.07, 6.45) is 1.05. The van der Waals surface area contributed by atoms with Gasteiger partial charge in [0.25, 0.3) is 11.5 Å². The molecule has 8 heteroatoms. The number of hydrogen-bond donors (Lipinski definition) is 1. The number of nitrogens with one attached hydrogen (secondary N) is 1. The van der Waals surface area contributed by atoms with Crippen LogP contribution in [-0.4, -0.2) is 27.4 Å². The van der Waals surface area contributed by atoms with Crippen LogP contribution in [0.15, 0.2) is 33.8 Å². The van der Waals surface area contributed by atoms with Crippen molar-refractivity contribution in [2.24, 2.45) is 5.92 Å². The summed E-state index contributed by atoms with van der Waals surface area (Å²) in [5, 5.41) is 2.73. The van der Waals surface area contributed by atoms with Crippen molar-refractivity contribution in [3.05, 3.63) is 39.4 Å². The molecule has 1 fully saturated rings. The van der Waals surface area contributed by atoms with Gasteiger partial charge >= 0.3 is 0 Å². The van der Waals surface area contributed by atoms with Crippen molar-refractivity contribution in [1.29, 1.82) is 0 Å². The molecular formula is C15H14BrF2N3O2. The molecule has 1 aliphatic carbocycles. The monoisotopic (exact) mass is 385 g/mol. The van der Waals surface area contributed by atoms with Gasteiger partial charge in [-0.1, -0.05) is 22.9 Å². The number of rotatable bonds is 4. The Morgan fingerprint density at radius 2 is 2.26 bits per heavy atom. The third kappa shape index (κ3) is 3.26. The van der Waals surface area contributed by atoms with Crippen molar-refractivity contribution in [1.82, 2.24) is 14.9 Å². The van der Waals surface area contributed by atoms with E-state index in [0.717, 1.165) is 4.47 Å². The average molecular weight is 386 g/mol. The van der Waals surface area contributed by atoms with Gasteiger partial charge in [-0.15, -0.1) is 0 Å². The topological polar surface area (TPSA) is 64.0 Å². The summed E-state index contributed by atoms with van der Waals surface area (Å²) in [4.78, 5) is 28.5. The molecule has 2 aromatic rings. The minimum atomic E-state index is -2.80. The normalized spacial score (nSPS) is 20.3. The Kier molecular flexibility index (Phi) is 3.95. The molecule has 2 unspecified atom stereocenters. The van der Waals surface area contributed by atoms with E-state index in [1.54, 1.807) is 25.1 Å². The summed E-state index contributed by atoms with van der Waals surface area (Å²) in [6, 6.07) is 4.08. The molecule has 122 valence electrons. The quantitative estimate of drug-likeness (QED) is 0.878. The lowest BCUT2D eigenvalue weighted by Gasteiger charge is -2.14. The highest BCUT2D eigenvalue weighted by Crippen LogP contribution is 2.41. The van der Waals surface area contributed by atoms with Crippen LogP contribution in [0.5, 0.6) is 0 Å². The summed E-state index contributed by atoms with van der Waals surface area (Å²) in [5.41, 5.74) is 0.289. The highest BCUT2D eigenvalue weighted by Gasteiger charge is 2.58. The number of benzene rings is 1. The van der Waals surface area contributed by atoms with Crippen molar-refractivity contribution in [3.63, 3.8) is 0 Å². The molecule has 1 aliphatic rings. The number of halogens is 3. The van der Waals surface area contributed by atoms with Crippen LogP contribution in [0, 0.1) is 5.92 Å². The largest absolute Gasteiger partial charge is 0.347 e. The van der Waals surface area contributed by atoms with Gasteiger partial charge in [-0.05, 0) is 18.2 Å². The lowest BCUT2D eigenvalue weighted by molar-refractivity contribution is -0.125. The third-order valence-corrected chi connectivity index (χ3v) is 4.34. The molecule has 23 heavy (non-hydrogen) atoms. The van der Waals surface area contributed by atoms with Crippen LogP contribution in [0.3, 0.4) is 0 Å². The van der Waals surface area contributed by atoms with Crippen LogP contribution in [0.1, 0.15) is 13.3 Å². The molecule has 0 spiro atoms. The van der Waals surface area contributed by atoms with Gasteiger partial charge in [0.2, 0.25) is 5.91 Å². The van der Waals surface area contributed by atoms with Crippen LogP contribution < -0.4 is 10.9 Å². The zero-order chi connectivity index (χ0) is 16.8. The molecule has 2 atom stereocenters. The molecule has 0 bridgehead atoms. The molecule has 5 nitrogen and oxygen atoms in total. The van der Waals surface area contributed by atoms with Crippen LogP contribution >= 0.6 is 15.9 Å². The van der Waals surface area contributed by atoms with Crippen LogP contribution in [0.4, 0.5) is 8.78 Å². The van der Waals surface area contributed by atoms with Gasteiger partial charge < -0.3 is 5.32 Å². The van der Waals surface area contributed by atoms with Crippen molar-refractivity contribution in [3.8, 4) is 0 Å². The second-order valence-electron chi connectivity index (χ2n) is 5.79. The number of carbonyl (C=O) groups is 1. The van der Waals surface area contributed by atoms with E-state index >= 15 is 0 Å². The molecule has 3 rings (SSSR count). The number of nitrogens with zero attached hydrogens (tertiary/aromatic N) is 2.